The number of phenols is 1. The standard InChI is InChI=1S/C28H24O2/c1-17-15-20(11-13-25(17)29)27-23-8-5-4-7-22(23)24-10-6-9-21(28(24)27)19-12-14-26(30-3)18(2)16-19/h4-16,27,29H,1-3H3. The predicted molar refractivity (Wildman–Crippen MR) is 122 cm³/mol. The van der Waals surface area contributed by atoms with Gasteiger partial charge in [0.05, 0.1) is 7.11 Å². The van der Waals surface area contributed by atoms with E-state index in [0.29, 0.717) is 5.75 Å². The van der Waals surface area contributed by atoms with Crippen molar-refractivity contribution in [1.82, 2.24) is 0 Å². The van der Waals surface area contributed by atoms with E-state index in [4.69, 9.17) is 4.74 Å². The van der Waals surface area contributed by atoms with Gasteiger partial charge < -0.3 is 9.84 Å². The SMILES string of the molecule is COc1ccc(-c2cccc3c2C(c2ccc(O)c(C)c2)c2ccccc2-3)cc1C. The molecular weight excluding hydrogens is 368 g/mol. The van der Waals surface area contributed by atoms with Crippen LogP contribution in [0.2, 0.25) is 0 Å². The summed E-state index contributed by atoms with van der Waals surface area (Å²) in [6.07, 6.45) is 0. The van der Waals surface area contributed by atoms with E-state index in [1.807, 2.05) is 19.1 Å². The van der Waals surface area contributed by atoms with Gasteiger partial charge in [0.15, 0.2) is 0 Å². The Bertz CT molecular complexity index is 1270. The largest absolute Gasteiger partial charge is 0.508 e. The van der Waals surface area contributed by atoms with Gasteiger partial charge in [0.2, 0.25) is 0 Å². The molecule has 1 unspecified atom stereocenters. The van der Waals surface area contributed by atoms with Crippen LogP contribution in [0.3, 0.4) is 0 Å². The van der Waals surface area contributed by atoms with Gasteiger partial charge in [0, 0.05) is 5.92 Å². The van der Waals surface area contributed by atoms with Crippen LogP contribution >= 0.6 is 0 Å². The number of aromatic hydroxyl groups is 1. The minimum atomic E-state index is 0.133. The second-order valence-corrected chi connectivity index (χ2v) is 8.02. The highest BCUT2D eigenvalue weighted by molar-refractivity contribution is 5.88. The molecule has 1 aliphatic rings. The molecule has 2 nitrogen and oxygen atoms in total. The van der Waals surface area contributed by atoms with Gasteiger partial charge in [-0.25, -0.2) is 0 Å². The second-order valence-electron chi connectivity index (χ2n) is 8.02. The number of hydrogen-bond acceptors (Lipinski definition) is 2. The third kappa shape index (κ3) is 2.80. The van der Waals surface area contributed by atoms with E-state index in [2.05, 4.69) is 73.7 Å². The Morgan fingerprint density at radius 2 is 1.50 bits per heavy atom. The molecule has 0 spiro atoms. The minimum Gasteiger partial charge on any atom is -0.508 e. The van der Waals surface area contributed by atoms with Crippen LogP contribution in [0.4, 0.5) is 0 Å². The molecule has 0 fully saturated rings. The van der Waals surface area contributed by atoms with Gasteiger partial charge in [-0.1, -0.05) is 60.7 Å². The molecule has 1 N–H and O–H groups in total. The Hall–Kier alpha value is -3.52. The molecule has 0 amide bonds. The molecule has 1 atom stereocenters. The van der Waals surface area contributed by atoms with Gasteiger partial charge in [-0.15, -0.1) is 0 Å². The minimum absolute atomic E-state index is 0.133. The maximum Gasteiger partial charge on any atom is 0.121 e. The molecule has 2 heteroatoms. The summed E-state index contributed by atoms with van der Waals surface area (Å²) in [4.78, 5) is 0. The van der Waals surface area contributed by atoms with Crippen molar-refractivity contribution in [1.29, 1.82) is 0 Å². The Morgan fingerprint density at radius 1 is 0.733 bits per heavy atom. The molecule has 0 aliphatic heterocycles. The molecule has 0 saturated carbocycles. The van der Waals surface area contributed by atoms with Gasteiger partial charge in [-0.05, 0) is 82.1 Å². The van der Waals surface area contributed by atoms with E-state index in [1.165, 1.54) is 38.9 Å². The van der Waals surface area contributed by atoms with Crippen molar-refractivity contribution in [3.63, 3.8) is 0 Å². The number of hydrogen-bond donors (Lipinski definition) is 1. The van der Waals surface area contributed by atoms with Crippen LogP contribution in [0, 0.1) is 13.8 Å². The maximum absolute atomic E-state index is 10.1. The zero-order valence-electron chi connectivity index (χ0n) is 17.4. The summed E-state index contributed by atoms with van der Waals surface area (Å²) < 4.78 is 5.47. The summed E-state index contributed by atoms with van der Waals surface area (Å²) in [5.74, 6) is 1.37. The molecule has 4 aromatic rings. The monoisotopic (exact) mass is 392 g/mol. The quantitative estimate of drug-likeness (QED) is 0.364. The van der Waals surface area contributed by atoms with Crippen LogP contribution < -0.4 is 4.74 Å². The van der Waals surface area contributed by atoms with Crippen LogP contribution in [0.5, 0.6) is 11.5 Å². The Balaban J connectivity index is 1.77. The molecule has 4 aromatic carbocycles. The van der Waals surface area contributed by atoms with Gasteiger partial charge in [0.1, 0.15) is 11.5 Å². The number of benzene rings is 4. The summed E-state index contributed by atoms with van der Waals surface area (Å²) in [5, 5.41) is 10.1. The first-order chi connectivity index (χ1) is 14.6. The van der Waals surface area contributed by atoms with Gasteiger partial charge in [0.25, 0.3) is 0 Å². The number of methoxy groups -OCH3 is 1. The fourth-order valence-corrected chi connectivity index (χ4v) is 4.76. The van der Waals surface area contributed by atoms with E-state index in [0.717, 1.165) is 16.9 Å². The smallest absolute Gasteiger partial charge is 0.121 e. The van der Waals surface area contributed by atoms with Crippen LogP contribution in [0.1, 0.15) is 33.7 Å². The highest BCUT2D eigenvalue weighted by Crippen LogP contribution is 2.51. The first-order valence-electron chi connectivity index (χ1n) is 10.2. The number of ether oxygens (including phenoxy) is 1. The summed E-state index contributed by atoms with van der Waals surface area (Å²) in [7, 11) is 1.71. The molecule has 148 valence electrons. The van der Waals surface area contributed by atoms with Crippen LogP contribution in [0.15, 0.2) is 78.9 Å². The molecule has 30 heavy (non-hydrogen) atoms. The maximum atomic E-state index is 10.1. The van der Waals surface area contributed by atoms with E-state index >= 15 is 0 Å². The molecule has 5 rings (SSSR count). The number of aryl methyl sites for hydroxylation is 2. The lowest BCUT2D eigenvalue weighted by atomic mass is 9.84. The fourth-order valence-electron chi connectivity index (χ4n) is 4.76. The summed E-state index contributed by atoms with van der Waals surface area (Å²) in [5.41, 5.74) is 10.9. The normalized spacial score (nSPS) is 14.3. The van der Waals surface area contributed by atoms with Crippen LogP contribution in [-0.2, 0) is 0 Å². The number of rotatable bonds is 3. The van der Waals surface area contributed by atoms with Crippen molar-refractivity contribution in [2.45, 2.75) is 19.8 Å². The highest BCUT2D eigenvalue weighted by atomic mass is 16.5. The summed E-state index contributed by atoms with van der Waals surface area (Å²) in [6.45, 7) is 4.04. The zero-order chi connectivity index (χ0) is 20.8. The van der Waals surface area contributed by atoms with Crippen molar-refractivity contribution in [3.05, 3.63) is 107 Å². The first kappa shape index (κ1) is 18.5. The van der Waals surface area contributed by atoms with Crippen molar-refractivity contribution in [3.8, 4) is 33.8 Å². The highest BCUT2D eigenvalue weighted by Gasteiger charge is 2.32. The van der Waals surface area contributed by atoms with E-state index in [-0.39, 0.29) is 5.92 Å². The zero-order valence-corrected chi connectivity index (χ0v) is 17.4. The van der Waals surface area contributed by atoms with Crippen molar-refractivity contribution in [2.75, 3.05) is 7.11 Å². The molecule has 1 aliphatic carbocycles. The van der Waals surface area contributed by atoms with E-state index in [9.17, 15) is 5.11 Å². The lowest BCUT2D eigenvalue weighted by Gasteiger charge is -2.19. The Labute approximate surface area is 177 Å². The third-order valence-corrected chi connectivity index (χ3v) is 6.22. The molecule has 0 radical (unpaired) electrons. The molecule has 0 aromatic heterocycles. The number of fused-ring (bicyclic) bond motifs is 3. The first-order valence-corrected chi connectivity index (χ1v) is 10.2. The van der Waals surface area contributed by atoms with Crippen molar-refractivity contribution in [2.24, 2.45) is 0 Å². The molecule has 0 heterocycles. The Morgan fingerprint density at radius 3 is 2.27 bits per heavy atom. The number of phenolic OH excluding ortho intramolecular Hbond substituents is 1. The van der Waals surface area contributed by atoms with Crippen molar-refractivity contribution < 1.29 is 9.84 Å². The fraction of sp³-hybridized carbons (Fsp3) is 0.143. The third-order valence-electron chi connectivity index (χ3n) is 6.22. The predicted octanol–water partition coefficient (Wildman–Crippen LogP) is 6.85. The lowest BCUT2D eigenvalue weighted by Crippen LogP contribution is -2.02. The van der Waals surface area contributed by atoms with Gasteiger partial charge in [-0.3, -0.25) is 0 Å². The average molecular weight is 392 g/mol. The summed E-state index contributed by atoms with van der Waals surface area (Å²) >= 11 is 0. The van der Waals surface area contributed by atoms with Crippen molar-refractivity contribution >= 4 is 0 Å². The second kappa shape index (κ2) is 7.07. The lowest BCUT2D eigenvalue weighted by molar-refractivity contribution is 0.412. The molecule has 0 bridgehead atoms. The summed E-state index contributed by atoms with van der Waals surface area (Å²) in [6, 6.07) is 27.6. The van der Waals surface area contributed by atoms with Crippen LogP contribution in [0.25, 0.3) is 22.3 Å². The van der Waals surface area contributed by atoms with Gasteiger partial charge in [-0.2, -0.15) is 0 Å². The van der Waals surface area contributed by atoms with Crippen LogP contribution in [-0.4, -0.2) is 12.2 Å². The molecular formula is C28H24O2. The van der Waals surface area contributed by atoms with Gasteiger partial charge >= 0.3 is 0 Å². The molecule has 0 saturated heterocycles. The van der Waals surface area contributed by atoms with E-state index < -0.39 is 0 Å². The van der Waals surface area contributed by atoms with E-state index in [1.54, 1.807) is 7.11 Å². The Kier molecular flexibility index (Phi) is 4.36. The topological polar surface area (TPSA) is 29.5 Å². The average Bonchev–Trinajstić information content (AvgIpc) is 3.10.